The van der Waals surface area contributed by atoms with Gasteiger partial charge < -0.3 is 15.9 Å². The van der Waals surface area contributed by atoms with Crippen LogP contribution in [-0.2, 0) is 6.42 Å². The van der Waals surface area contributed by atoms with E-state index in [1.807, 2.05) is 60.7 Å². The molecule has 0 spiro atoms. The third-order valence-electron chi connectivity index (χ3n) is 4.73. The Balaban J connectivity index is 0.00000300. The second-order valence-corrected chi connectivity index (χ2v) is 8.08. The quantitative estimate of drug-likeness (QED) is 0.482. The van der Waals surface area contributed by atoms with Crippen molar-refractivity contribution in [2.24, 2.45) is 5.73 Å². The Labute approximate surface area is 181 Å². The zero-order valence-electron chi connectivity index (χ0n) is 15.9. The van der Waals surface area contributed by atoms with Crippen molar-refractivity contribution in [3.8, 4) is 11.1 Å². The number of benzene rings is 3. The van der Waals surface area contributed by atoms with Crippen LogP contribution in [0.25, 0.3) is 11.1 Å². The number of hydrogen-bond acceptors (Lipinski definition) is 4. The van der Waals surface area contributed by atoms with Gasteiger partial charge in [0.15, 0.2) is 0 Å². The smallest absolute Gasteiger partial charge is 0.132 e. The van der Waals surface area contributed by atoms with Crippen molar-refractivity contribution in [1.29, 1.82) is 0 Å². The number of rotatable bonds is 8. The molecule has 0 saturated carbocycles. The maximum Gasteiger partial charge on any atom is 0.132 e. The van der Waals surface area contributed by atoms with E-state index in [4.69, 9.17) is 5.73 Å². The van der Waals surface area contributed by atoms with E-state index >= 15 is 0 Å². The minimum absolute atomic E-state index is 0. The first-order valence-electron chi connectivity index (χ1n) is 9.15. The molecule has 0 aliphatic rings. The summed E-state index contributed by atoms with van der Waals surface area (Å²) in [7, 11) is 0. The van der Waals surface area contributed by atoms with E-state index in [1.54, 1.807) is 12.1 Å². The molecule has 3 nitrogen and oxygen atoms in total. The van der Waals surface area contributed by atoms with Crippen molar-refractivity contribution in [3.05, 3.63) is 84.2 Å². The number of aliphatic hydroxyl groups excluding tert-OH is 2. The number of nitrogens with two attached hydrogens (primary N) is 1. The standard InChI is InChI=1S/C23H24FNO2S.ClH/c24-22-14-20(28-19-4-2-1-3-5-19)10-11-21(22)18-8-6-17(7-9-18)12-13-23(25,15-26)16-27;/h1-11,14,26-27H,12-13,15-16,25H2;1H. The van der Waals surface area contributed by atoms with Gasteiger partial charge in [-0.3, -0.25) is 0 Å². The largest absolute Gasteiger partial charge is 0.394 e. The van der Waals surface area contributed by atoms with Gasteiger partial charge in [-0.2, -0.15) is 0 Å². The van der Waals surface area contributed by atoms with E-state index in [-0.39, 0.29) is 31.4 Å². The molecule has 0 radical (unpaired) electrons. The van der Waals surface area contributed by atoms with Gasteiger partial charge >= 0.3 is 0 Å². The third kappa shape index (κ3) is 6.29. The number of hydrogen-bond donors (Lipinski definition) is 3. The van der Waals surface area contributed by atoms with Crippen LogP contribution < -0.4 is 5.73 Å². The average molecular weight is 434 g/mol. The first-order valence-corrected chi connectivity index (χ1v) is 9.97. The van der Waals surface area contributed by atoms with Crippen LogP contribution in [0.15, 0.2) is 82.6 Å². The van der Waals surface area contributed by atoms with E-state index < -0.39 is 5.54 Å². The van der Waals surface area contributed by atoms with E-state index in [2.05, 4.69) is 0 Å². The SMILES string of the molecule is Cl.NC(CO)(CO)CCc1ccc(-c2ccc(Sc3ccccc3)cc2F)cc1. The molecule has 0 aliphatic heterocycles. The van der Waals surface area contributed by atoms with Crippen LogP contribution in [-0.4, -0.2) is 29.0 Å². The van der Waals surface area contributed by atoms with Gasteiger partial charge in [0.25, 0.3) is 0 Å². The van der Waals surface area contributed by atoms with E-state index in [1.165, 1.54) is 11.8 Å². The molecule has 0 fully saturated rings. The topological polar surface area (TPSA) is 66.5 Å². The fraction of sp³-hybridized carbons (Fsp3) is 0.217. The van der Waals surface area contributed by atoms with Crippen molar-refractivity contribution >= 4 is 24.2 Å². The van der Waals surface area contributed by atoms with Crippen molar-refractivity contribution in [2.75, 3.05) is 13.2 Å². The number of halogens is 2. The summed E-state index contributed by atoms with van der Waals surface area (Å²) in [5, 5.41) is 18.5. The van der Waals surface area contributed by atoms with E-state index in [9.17, 15) is 14.6 Å². The Hall–Kier alpha value is -1.89. The molecule has 0 atom stereocenters. The summed E-state index contributed by atoms with van der Waals surface area (Å²) in [5.74, 6) is -0.254. The zero-order chi connectivity index (χ0) is 20.0. The van der Waals surface area contributed by atoms with Crippen LogP contribution in [0, 0.1) is 5.82 Å². The summed E-state index contributed by atoms with van der Waals surface area (Å²) >= 11 is 1.53. The van der Waals surface area contributed by atoms with E-state index in [0.29, 0.717) is 18.4 Å². The van der Waals surface area contributed by atoms with Crippen LogP contribution in [0.2, 0.25) is 0 Å². The molecule has 6 heteroatoms. The molecule has 4 N–H and O–H groups in total. The van der Waals surface area contributed by atoms with Crippen molar-refractivity contribution in [1.82, 2.24) is 0 Å². The molecule has 0 unspecified atom stereocenters. The second kappa shape index (κ2) is 10.8. The van der Waals surface area contributed by atoms with Gasteiger partial charge in [-0.1, -0.05) is 60.3 Å². The van der Waals surface area contributed by atoms with Crippen molar-refractivity contribution < 1.29 is 14.6 Å². The van der Waals surface area contributed by atoms with Crippen molar-refractivity contribution in [3.63, 3.8) is 0 Å². The Kier molecular flexibility index (Phi) is 8.68. The summed E-state index contributed by atoms with van der Waals surface area (Å²) in [6.07, 6.45) is 1.10. The minimum atomic E-state index is -0.975. The highest BCUT2D eigenvalue weighted by atomic mass is 35.5. The second-order valence-electron chi connectivity index (χ2n) is 6.93. The lowest BCUT2D eigenvalue weighted by Crippen LogP contribution is -2.47. The molecule has 0 amide bonds. The Morgan fingerprint density at radius 2 is 1.52 bits per heavy atom. The lowest BCUT2D eigenvalue weighted by atomic mass is 9.93. The molecule has 0 aromatic heterocycles. The number of aliphatic hydroxyl groups is 2. The molecule has 29 heavy (non-hydrogen) atoms. The molecule has 0 bridgehead atoms. The summed E-state index contributed by atoms with van der Waals surface area (Å²) < 4.78 is 14.6. The maximum atomic E-state index is 14.6. The molecule has 154 valence electrons. The predicted molar refractivity (Wildman–Crippen MR) is 119 cm³/mol. The Bertz CT molecular complexity index is 903. The summed E-state index contributed by atoms with van der Waals surface area (Å²) in [5.41, 5.74) is 7.32. The van der Waals surface area contributed by atoms with Crippen LogP contribution >= 0.6 is 24.2 Å². The zero-order valence-corrected chi connectivity index (χ0v) is 17.6. The molecule has 0 saturated heterocycles. The fourth-order valence-corrected chi connectivity index (χ4v) is 3.73. The van der Waals surface area contributed by atoms with Gasteiger partial charge in [0.1, 0.15) is 5.82 Å². The Morgan fingerprint density at radius 1 is 0.862 bits per heavy atom. The molecular formula is C23H25ClFNO2S. The first-order chi connectivity index (χ1) is 13.5. The first kappa shape index (κ1) is 23.4. The van der Waals surface area contributed by atoms with E-state index in [0.717, 1.165) is 20.9 Å². The van der Waals surface area contributed by atoms with Gasteiger partial charge in [-0.05, 0) is 48.2 Å². The maximum absolute atomic E-state index is 14.6. The van der Waals surface area contributed by atoms with Crippen LogP contribution in [0.5, 0.6) is 0 Å². The van der Waals surface area contributed by atoms with Crippen LogP contribution in [0.3, 0.4) is 0 Å². The average Bonchev–Trinajstić information content (AvgIpc) is 2.73. The van der Waals surface area contributed by atoms with Crippen LogP contribution in [0.1, 0.15) is 12.0 Å². The normalized spacial score (nSPS) is 11.2. The van der Waals surface area contributed by atoms with Gasteiger partial charge in [0.2, 0.25) is 0 Å². The molecule has 0 heterocycles. The third-order valence-corrected chi connectivity index (χ3v) is 5.72. The number of aryl methyl sites for hydroxylation is 1. The molecule has 3 rings (SSSR count). The fourth-order valence-electron chi connectivity index (χ4n) is 2.87. The lowest BCUT2D eigenvalue weighted by Gasteiger charge is -2.24. The highest BCUT2D eigenvalue weighted by Gasteiger charge is 2.22. The summed E-state index contributed by atoms with van der Waals surface area (Å²) in [4.78, 5) is 1.93. The van der Waals surface area contributed by atoms with Gasteiger partial charge in [0, 0.05) is 15.4 Å². The molecule has 0 aliphatic carbocycles. The van der Waals surface area contributed by atoms with Crippen LogP contribution in [0.4, 0.5) is 4.39 Å². The van der Waals surface area contributed by atoms with Gasteiger partial charge in [-0.25, -0.2) is 4.39 Å². The minimum Gasteiger partial charge on any atom is -0.394 e. The van der Waals surface area contributed by atoms with Crippen molar-refractivity contribution in [2.45, 2.75) is 28.2 Å². The molecular weight excluding hydrogens is 409 g/mol. The highest BCUT2D eigenvalue weighted by Crippen LogP contribution is 2.31. The highest BCUT2D eigenvalue weighted by molar-refractivity contribution is 7.99. The lowest BCUT2D eigenvalue weighted by molar-refractivity contribution is 0.115. The summed E-state index contributed by atoms with van der Waals surface area (Å²) in [6, 6.07) is 22.8. The monoisotopic (exact) mass is 433 g/mol. The predicted octanol–water partition coefficient (Wildman–Crippen LogP) is 4.68. The molecule has 3 aromatic rings. The summed E-state index contributed by atoms with van der Waals surface area (Å²) in [6.45, 7) is -0.528. The molecule has 3 aromatic carbocycles. The van der Waals surface area contributed by atoms with Gasteiger partial charge in [0.05, 0.1) is 18.8 Å². The van der Waals surface area contributed by atoms with Gasteiger partial charge in [-0.15, -0.1) is 12.4 Å². The Morgan fingerprint density at radius 3 is 2.10 bits per heavy atom.